The van der Waals surface area contributed by atoms with E-state index in [1.165, 1.54) is 0 Å². The molecule has 2 aromatic carbocycles. The molecule has 3 nitrogen and oxygen atoms in total. The van der Waals surface area contributed by atoms with E-state index >= 15 is 0 Å². The summed E-state index contributed by atoms with van der Waals surface area (Å²) >= 11 is 3.43. The van der Waals surface area contributed by atoms with Crippen LogP contribution >= 0.6 is 15.9 Å². The van der Waals surface area contributed by atoms with Crippen molar-refractivity contribution in [2.24, 2.45) is 0 Å². The van der Waals surface area contributed by atoms with Crippen LogP contribution in [0.5, 0.6) is 11.5 Å². The molecule has 0 spiro atoms. The van der Waals surface area contributed by atoms with Crippen molar-refractivity contribution in [3.63, 3.8) is 0 Å². The van der Waals surface area contributed by atoms with Crippen molar-refractivity contribution in [3.8, 4) is 11.5 Å². The van der Waals surface area contributed by atoms with Gasteiger partial charge in [0.05, 0.1) is 14.2 Å². The Hall–Kier alpha value is -1.52. The van der Waals surface area contributed by atoms with Crippen LogP contribution in [-0.2, 0) is 0 Å². The van der Waals surface area contributed by atoms with E-state index in [2.05, 4.69) is 15.9 Å². The predicted octanol–water partition coefficient (Wildman–Crippen LogP) is 3.86. The zero-order chi connectivity index (χ0) is 14.7. The number of rotatable bonds is 4. The first-order chi connectivity index (χ1) is 9.56. The van der Waals surface area contributed by atoms with Crippen LogP contribution in [0, 0.1) is 6.92 Å². The molecule has 0 amide bonds. The van der Waals surface area contributed by atoms with Gasteiger partial charge in [0, 0.05) is 16.1 Å². The summed E-state index contributed by atoms with van der Waals surface area (Å²) < 4.78 is 11.5. The number of aliphatic hydroxyl groups is 1. The van der Waals surface area contributed by atoms with Gasteiger partial charge in [-0.3, -0.25) is 0 Å². The van der Waals surface area contributed by atoms with Gasteiger partial charge in [-0.2, -0.15) is 0 Å². The summed E-state index contributed by atoms with van der Waals surface area (Å²) in [5.74, 6) is 1.31. The second-order valence-electron chi connectivity index (χ2n) is 4.51. The van der Waals surface area contributed by atoms with Gasteiger partial charge in [-0.25, -0.2) is 0 Å². The van der Waals surface area contributed by atoms with Crippen LogP contribution < -0.4 is 9.47 Å². The topological polar surface area (TPSA) is 38.7 Å². The quantitative estimate of drug-likeness (QED) is 0.921. The fraction of sp³-hybridized carbons (Fsp3) is 0.250. The molecule has 0 heterocycles. The molecule has 0 aliphatic heterocycles. The summed E-state index contributed by atoms with van der Waals surface area (Å²) in [6.45, 7) is 1.97. The zero-order valence-electron chi connectivity index (χ0n) is 11.7. The minimum Gasteiger partial charge on any atom is -0.497 e. The van der Waals surface area contributed by atoms with E-state index in [0.717, 1.165) is 21.2 Å². The van der Waals surface area contributed by atoms with Gasteiger partial charge in [0.15, 0.2) is 0 Å². The van der Waals surface area contributed by atoms with Gasteiger partial charge in [-0.1, -0.05) is 22.0 Å². The number of hydrogen-bond donors (Lipinski definition) is 1. The normalized spacial score (nSPS) is 12.1. The second-order valence-corrected chi connectivity index (χ2v) is 5.43. The van der Waals surface area contributed by atoms with E-state index in [-0.39, 0.29) is 0 Å². The van der Waals surface area contributed by atoms with Gasteiger partial charge in [-0.15, -0.1) is 0 Å². The summed E-state index contributed by atoms with van der Waals surface area (Å²) in [5, 5.41) is 10.6. The van der Waals surface area contributed by atoms with Crippen molar-refractivity contribution in [2.75, 3.05) is 14.2 Å². The summed E-state index contributed by atoms with van der Waals surface area (Å²) in [6, 6.07) is 11.3. The average Bonchev–Trinajstić information content (AvgIpc) is 2.48. The third-order valence-corrected chi connectivity index (χ3v) is 3.76. The van der Waals surface area contributed by atoms with Crippen molar-refractivity contribution in [3.05, 3.63) is 57.6 Å². The average molecular weight is 337 g/mol. The Labute approximate surface area is 127 Å². The number of halogens is 1. The molecular formula is C16H17BrO3. The van der Waals surface area contributed by atoms with Crippen LogP contribution in [-0.4, -0.2) is 19.3 Å². The lowest BCUT2D eigenvalue weighted by molar-refractivity contribution is 0.213. The molecule has 1 N–H and O–H groups in total. The zero-order valence-corrected chi connectivity index (χ0v) is 13.3. The van der Waals surface area contributed by atoms with Crippen LogP contribution in [0.1, 0.15) is 22.8 Å². The molecule has 20 heavy (non-hydrogen) atoms. The smallest absolute Gasteiger partial charge is 0.128 e. The van der Waals surface area contributed by atoms with Crippen molar-refractivity contribution in [1.82, 2.24) is 0 Å². The Morgan fingerprint density at radius 3 is 2.40 bits per heavy atom. The third kappa shape index (κ3) is 2.97. The Bertz CT molecular complexity index is 611. The number of methoxy groups -OCH3 is 2. The highest BCUT2D eigenvalue weighted by molar-refractivity contribution is 9.10. The van der Waals surface area contributed by atoms with E-state index in [9.17, 15) is 5.11 Å². The monoisotopic (exact) mass is 336 g/mol. The van der Waals surface area contributed by atoms with Gasteiger partial charge in [0.2, 0.25) is 0 Å². The number of aliphatic hydroxyl groups excluding tert-OH is 1. The second kappa shape index (κ2) is 6.29. The highest BCUT2D eigenvalue weighted by Gasteiger charge is 2.18. The van der Waals surface area contributed by atoms with Crippen LogP contribution in [0.2, 0.25) is 0 Å². The molecule has 0 saturated heterocycles. The van der Waals surface area contributed by atoms with Crippen molar-refractivity contribution < 1.29 is 14.6 Å². The SMILES string of the molecule is COc1ccc(C(O)c2cc(Br)ccc2C)c(OC)c1. The third-order valence-electron chi connectivity index (χ3n) is 3.27. The highest BCUT2D eigenvalue weighted by atomic mass is 79.9. The Kier molecular flexibility index (Phi) is 4.68. The largest absolute Gasteiger partial charge is 0.497 e. The molecule has 0 aromatic heterocycles. The first-order valence-corrected chi connectivity index (χ1v) is 7.02. The van der Waals surface area contributed by atoms with Crippen LogP contribution in [0.25, 0.3) is 0 Å². The van der Waals surface area contributed by atoms with Crippen LogP contribution in [0.3, 0.4) is 0 Å². The Balaban J connectivity index is 2.47. The van der Waals surface area contributed by atoms with E-state index in [4.69, 9.17) is 9.47 Å². The summed E-state index contributed by atoms with van der Waals surface area (Å²) in [6.07, 6.45) is -0.742. The maximum Gasteiger partial charge on any atom is 0.128 e. The molecule has 0 radical (unpaired) electrons. The van der Waals surface area contributed by atoms with Gasteiger partial charge in [0.1, 0.15) is 17.6 Å². The number of ether oxygens (including phenoxy) is 2. The summed E-state index contributed by atoms with van der Waals surface area (Å²) in [5.41, 5.74) is 2.59. The van der Waals surface area contributed by atoms with Crippen LogP contribution in [0.15, 0.2) is 40.9 Å². The molecule has 0 saturated carbocycles. The molecular weight excluding hydrogens is 320 g/mol. The van der Waals surface area contributed by atoms with Crippen LogP contribution in [0.4, 0.5) is 0 Å². The Morgan fingerprint density at radius 2 is 1.75 bits per heavy atom. The molecule has 2 aromatic rings. The first-order valence-electron chi connectivity index (χ1n) is 6.23. The van der Waals surface area contributed by atoms with Gasteiger partial charge in [0.25, 0.3) is 0 Å². The maximum atomic E-state index is 10.6. The summed E-state index contributed by atoms with van der Waals surface area (Å²) in [4.78, 5) is 0. The minimum atomic E-state index is -0.742. The lowest BCUT2D eigenvalue weighted by atomic mass is 9.97. The molecule has 0 aliphatic carbocycles. The molecule has 1 unspecified atom stereocenters. The van der Waals surface area contributed by atoms with Gasteiger partial charge >= 0.3 is 0 Å². The number of hydrogen-bond acceptors (Lipinski definition) is 3. The predicted molar refractivity (Wildman–Crippen MR) is 82.5 cm³/mol. The molecule has 2 rings (SSSR count). The van der Waals surface area contributed by atoms with Crippen molar-refractivity contribution in [1.29, 1.82) is 0 Å². The minimum absolute atomic E-state index is 0.608. The molecule has 1 atom stereocenters. The molecule has 0 aliphatic rings. The lowest BCUT2D eigenvalue weighted by Crippen LogP contribution is -2.04. The van der Waals surface area contributed by atoms with Crippen molar-refractivity contribution >= 4 is 15.9 Å². The molecule has 4 heteroatoms. The summed E-state index contributed by atoms with van der Waals surface area (Å²) in [7, 11) is 3.18. The molecule has 106 valence electrons. The number of benzene rings is 2. The standard InChI is InChI=1S/C16H17BrO3/c1-10-4-5-11(17)8-14(10)16(18)13-7-6-12(19-2)9-15(13)20-3/h4-9,16,18H,1-3H3. The number of aryl methyl sites for hydroxylation is 1. The van der Waals surface area contributed by atoms with E-state index < -0.39 is 6.10 Å². The first kappa shape index (κ1) is 14.9. The fourth-order valence-corrected chi connectivity index (χ4v) is 2.50. The molecule has 0 fully saturated rings. The maximum absolute atomic E-state index is 10.6. The van der Waals surface area contributed by atoms with E-state index in [1.54, 1.807) is 20.3 Å². The highest BCUT2D eigenvalue weighted by Crippen LogP contribution is 2.34. The van der Waals surface area contributed by atoms with E-state index in [0.29, 0.717) is 11.5 Å². The van der Waals surface area contributed by atoms with Crippen molar-refractivity contribution in [2.45, 2.75) is 13.0 Å². The Morgan fingerprint density at radius 1 is 1.00 bits per heavy atom. The molecule has 0 bridgehead atoms. The van der Waals surface area contributed by atoms with E-state index in [1.807, 2.05) is 37.3 Å². The van der Waals surface area contributed by atoms with Gasteiger partial charge in [-0.05, 0) is 42.3 Å². The lowest BCUT2D eigenvalue weighted by Gasteiger charge is -2.18. The fourth-order valence-electron chi connectivity index (χ4n) is 2.12. The van der Waals surface area contributed by atoms with Gasteiger partial charge < -0.3 is 14.6 Å².